The summed E-state index contributed by atoms with van der Waals surface area (Å²) >= 11 is 0. The molecule has 0 saturated carbocycles. The molecule has 0 aromatic carbocycles. The standard InChI is InChI=1S/C22H38O4/c1-15(2)8-7-9-22(26)19(6)11-16(3)10-17(4)18(5)12-20(24)13-21(25)14-23/h7,9-10,18-26H,1,4,8,11-14H2,2-3,5-6H3. The molecule has 5 unspecified atom stereocenters. The summed E-state index contributed by atoms with van der Waals surface area (Å²) in [6.07, 6.45) is 5.93. The van der Waals surface area contributed by atoms with Gasteiger partial charge in [0.2, 0.25) is 0 Å². The average Bonchev–Trinajstić information content (AvgIpc) is 2.53. The third-order valence-electron chi connectivity index (χ3n) is 4.47. The Morgan fingerprint density at radius 2 is 1.62 bits per heavy atom. The van der Waals surface area contributed by atoms with Crippen LogP contribution in [0.2, 0.25) is 0 Å². The number of rotatable bonds is 13. The van der Waals surface area contributed by atoms with Crippen LogP contribution in [0, 0.1) is 11.8 Å². The lowest BCUT2D eigenvalue weighted by atomic mass is 9.90. The number of aliphatic hydroxyl groups is 4. The van der Waals surface area contributed by atoms with Crippen LogP contribution in [0.1, 0.15) is 53.4 Å². The highest BCUT2D eigenvalue weighted by Crippen LogP contribution is 2.23. The van der Waals surface area contributed by atoms with Gasteiger partial charge in [-0.2, -0.15) is 0 Å². The van der Waals surface area contributed by atoms with E-state index in [1.807, 2.05) is 45.9 Å². The first kappa shape index (κ1) is 24.8. The SMILES string of the molecule is C=C(C)CC=CC(O)C(C)CC(C)=CC(=C)C(C)CC(O)CC(O)CO. The number of aliphatic hydroxyl groups excluding tert-OH is 4. The van der Waals surface area contributed by atoms with Crippen molar-refractivity contribution in [2.45, 2.75) is 71.7 Å². The quantitative estimate of drug-likeness (QED) is 0.297. The van der Waals surface area contributed by atoms with Crippen molar-refractivity contribution >= 4 is 0 Å². The maximum absolute atomic E-state index is 10.2. The zero-order valence-electron chi connectivity index (χ0n) is 16.9. The molecule has 0 rings (SSSR count). The largest absolute Gasteiger partial charge is 0.394 e. The predicted octanol–water partition coefficient (Wildman–Crippen LogP) is 3.53. The van der Waals surface area contributed by atoms with Crippen LogP contribution in [0.3, 0.4) is 0 Å². The van der Waals surface area contributed by atoms with Crippen LogP contribution < -0.4 is 0 Å². The Hall–Kier alpha value is -1.20. The normalized spacial score (nSPS) is 18.4. The minimum absolute atomic E-state index is 0.0709. The van der Waals surface area contributed by atoms with Gasteiger partial charge in [-0.25, -0.2) is 0 Å². The molecule has 0 aromatic heterocycles. The third kappa shape index (κ3) is 11.4. The average molecular weight is 367 g/mol. The van der Waals surface area contributed by atoms with Gasteiger partial charge in [0.1, 0.15) is 0 Å². The van der Waals surface area contributed by atoms with Crippen molar-refractivity contribution in [1.82, 2.24) is 0 Å². The summed E-state index contributed by atoms with van der Waals surface area (Å²) in [4.78, 5) is 0. The van der Waals surface area contributed by atoms with Crippen molar-refractivity contribution in [1.29, 1.82) is 0 Å². The second-order valence-electron chi connectivity index (χ2n) is 7.69. The van der Waals surface area contributed by atoms with Crippen LogP contribution in [-0.4, -0.2) is 45.3 Å². The lowest BCUT2D eigenvalue weighted by Crippen LogP contribution is -2.22. The van der Waals surface area contributed by atoms with Gasteiger partial charge in [-0.15, -0.1) is 0 Å². The van der Waals surface area contributed by atoms with Gasteiger partial charge < -0.3 is 20.4 Å². The van der Waals surface area contributed by atoms with E-state index in [1.165, 1.54) is 0 Å². The lowest BCUT2D eigenvalue weighted by Gasteiger charge is -2.20. The van der Waals surface area contributed by atoms with Gasteiger partial charge >= 0.3 is 0 Å². The van der Waals surface area contributed by atoms with Crippen LogP contribution in [0.25, 0.3) is 0 Å². The highest BCUT2D eigenvalue weighted by Gasteiger charge is 2.16. The Morgan fingerprint density at radius 1 is 1.00 bits per heavy atom. The van der Waals surface area contributed by atoms with Crippen LogP contribution in [0.15, 0.2) is 48.1 Å². The minimum Gasteiger partial charge on any atom is -0.394 e. The van der Waals surface area contributed by atoms with E-state index in [0.717, 1.165) is 29.6 Å². The van der Waals surface area contributed by atoms with Crippen molar-refractivity contribution in [2.24, 2.45) is 11.8 Å². The Kier molecular flexibility index (Phi) is 12.4. The maximum Gasteiger partial charge on any atom is 0.0795 e. The second-order valence-corrected chi connectivity index (χ2v) is 7.69. The summed E-state index contributed by atoms with van der Waals surface area (Å²) in [6.45, 7) is 15.6. The van der Waals surface area contributed by atoms with Crippen LogP contribution >= 0.6 is 0 Å². The molecule has 0 aliphatic rings. The molecule has 0 heterocycles. The topological polar surface area (TPSA) is 80.9 Å². The molecule has 4 heteroatoms. The van der Waals surface area contributed by atoms with Crippen molar-refractivity contribution in [3.8, 4) is 0 Å². The molecule has 0 fully saturated rings. The second kappa shape index (κ2) is 13.0. The predicted molar refractivity (Wildman–Crippen MR) is 109 cm³/mol. The van der Waals surface area contributed by atoms with Gasteiger partial charge in [-0.05, 0) is 44.9 Å². The van der Waals surface area contributed by atoms with E-state index < -0.39 is 18.3 Å². The van der Waals surface area contributed by atoms with Gasteiger partial charge in [-0.3, -0.25) is 0 Å². The summed E-state index contributed by atoms with van der Waals surface area (Å²) in [7, 11) is 0. The van der Waals surface area contributed by atoms with E-state index in [0.29, 0.717) is 6.42 Å². The molecule has 0 aliphatic heterocycles. The van der Waals surface area contributed by atoms with Gasteiger partial charge in [0.05, 0.1) is 24.9 Å². The highest BCUT2D eigenvalue weighted by atomic mass is 16.3. The first-order chi connectivity index (χ1) is 12.1. The summed E-state index contributed by atoms with van der Waals surface area (Å²) < 4.78 is 0. The van der Waals surface area contributed by atoms with Crippen molar-refractivity contribution in [3.05, 3.63) is 48.1 Å². The van der Waals surface area contributed by atoms with Crippen LogP contribution in [0.5, 0.6) is 0 Å². The van der Waals surface area contributed by atoms with E-state index in [-0.39, 0.29) is 24.9 Å². The molecule has 0 radical (unpaired) electrons. The Labute approximate surface area is 159 Å². The number of hydrogen-bond donors (Lipinski definition) is 4. The monoisotopic (exact) mass is 366 g/mol. The van der Waals surface area contributed by atoms with Gasteiger partial charge in [0.25, 0.3) is 0 Å². The molecular formula is C22H38O4. The summed E-state index contributed by atoms with van der Waals surface area (Å²) in [5.74, 6) is 0.169. The fourth-order valence-electron chi connectivity index (χ4n) is 2.79. The van der Waals surface area contributed by atoms with Crippen LogP contribution in [0.4, 0.5) is 0 Å². The fourth-order valence-corrected chi connectivity index (χ4v) is 2.79. The maximum atomic E-state index is 10.2. The zero-order chi connectivity index (χ0) is 20.3. The molecule has 4 N–H and O–H groups in total. The molecule has 26 heavy (non-hydrogen) atoms. The molecular weight excluding hydrogens is 328 g/mol. The number of allylic oxidation sites excluding steroid dienone is 5. The van der Waals surface area contributed by atoms with E-state index in [9.17, 15) is 15.3 Å². The van der Waals surface area contributed by atoms with Crippen molar-refractivity contribution in [2.75, 3.05) is 6.61 Å². The molecule has 0 aliphatic carbocycles. The van der Waals surface area contributed by atoms with Crippen molar-refractivity contribution in [3.63, 3.8) is 0 Å². The van der Waals surface area contributed by atoms with Crippen molar-refractivity contribution < 1.29 is 20.4 Å². The molecule has 0 bridgehead atoms. The summed E-state index contributed by atoms with van der Waals surface area (Å²) in [5.41, 5.74) is 3.11. The van der Waals surface area contributed by atoms with Crippen LogP contribution in [-0.2, 0) is 0 Å². The smallest absolute Gasteiger partial charge is 0.0795 e. The highest BCUT2D eigenvalue weighted by molar-refractivity contribution is 5.22. The Balaban J connectivity index is 4.52. The molecule has 0 spiro atoms. The summed E-state index contributed by atoms with van der Waals surface area (Å²) in [5, 5.41) is 38.4. The first-order valence-electron chi connectivity index (χ1n) is 9.38. The third-order valence-corrected chi connectivity index (χ3v) is 4.47. The van der Waals surface area contributed by atoms with E-state index in [2.05, 4.69) is 13.2 Å². The summed E-state index contributed by atoms with van der Waals surface area (Å²) in [6, 6.07) is 0. The lowest BCUT2D eigenvalue weighted by molar-refractivity contribution is 0.0354. The van der Waals surface area contributed by atoms with Gasteiger partial charge in [-0.1, -0.05) is 62.0 Å². The zero-order valence-corrected chi connectivity index (χ0v) is 16.9. The molecule has 0 aromatic rings. The fraction of sp³-hybridized carbons (Fsp3) is 0.636. The first-order valence-corrected chi connectivity index (χ1v) is 9.38. The number of hydrogen-bond acceptors (Lipinski definition) is 4. The molecule has 0 saturated heterocycles. The molecule has 0 amide bonds. The Bertz CT molecular complexity index is 492. The van der Waals surface area contributed by atoms with E-state index in [4.69, 9.17) is 5.11 Å². The van der Waals surface area contributed by atoms with Gasteiger partial charge in [0, 0.05) is 6.42 Å². The van der Waals surface area contributed by atoms with Gasteiger partial charge in [0.15, 0.2) is 0 Å². The van der Waals surface area contributed by atoms with E-state index in [1.54, 1.807) is 0 Å². The van der Waals surface area contributed by atoms with E-state index >= 15 is 0 Å². The molecule has 150 valence electrons. The molecule has 5 atom stereocenters. The molecule has 4 nitrogen and oxygen atoms in total. The minimum atomic E-state index is -0.886. The Morgan fingerprint density at radius 3 is 2.15 bits per heavy atom.